The van der Waals surface area contributed by atoms with Gasteiger partial charge in [0.15, 0.2) is 0 Å². The van der Waals surface area contributed by atoms with Gasteiger partial charge in [0, 0.05) is 0 Å². The van der Waals surface area contributed by atoms with E-state index < -0.39 is 0 Å². The van der Waals surface area contributed by atoms with Crippen molar-refractivity contribution in [3.8, 4) is 0 Å². The van der Waals surface area contributed by atoms with E-state index in [4.69, 9.17) is 0 Å². The Kier molecular flexibility index (Phi) is 3.53. The molecular weight excluding hydrogens is 242 g/mol. The van der Waals surface area contributed by atoms with Crippen LogP contribution in [0.2, 0.25) is 0 Å². The topological polar surface area (TPSA) is 12.0 Å². The van der Waals surface area contributed by atoms with E-state index in [1.807, 2.05) is 7.05 Å². The minimum absolute atomic E-state index is 0.237. The van der Waals surface area contributed by atoms with Crippen molar-refractivity contribution in [1.82, 2.24) is 5.32 Å². The molecule has 0 aromatic heterocycles. The van der Waals surface area contributed by atoms with Gasteiger partial charge in [-0.3, -0.25) is 0 Å². The molecule has 0 bridgehead atoms. The summed E-state index contributed by atoms with van der Waals surface area (Å²) in [6, 6.07) is 24.0. The standard InChI is InChI=1S/C19H19N/c1-14-7-3-6-10-18(14)19(20-2)17-12-11-15-8-4-5-9-16(15)13-17/h3-13,19-20H,1-2H3. The summed E-state index contributed by atoms with van der Waals surface area (Å²) in [6.07, 6.45) is 0. The Bertz CT molecular complexity index is 730. The lowest BCUT2D eigenvalue weighted by atomic mass is 9.93. The van der Waals surface area contributed by atoms with Gasteiger partial charge in [-0.2, -0.15) is 0 Å². The lowest BCUT2D eigenvalue weighted by Gasteiger charge is -2.20. The van der Waals surface area contributed by atoms with Gasteiger partial charge in [-0.25, -0.2) is 0 Å². The number of hydrogen-bond acceptors (Lipinski definition) is 1. The quantitative estimate of drug-likeness (QED) is 0.734. The van der Waals surface area contributed by atoms with Crippen LogP contribution >= 0.6 is 0 Å². The van der Waals surface area contributed by atoms with Crippen LogP contribution in [-0.4, -0.2) is 7.05 Å². The molecule has 1 nitrogen and oxygen atoms in total. The molecule has 3 aromatic carbocycles. The second-order valence-corrected chi connectivity index (χ2v) is 5.18. The van der Waals surface area contributed by atoms with Gasteiger partial charge < -0.3 is 5.32 Å². The first kappa shape index (κ1) is 12.9. The highest BCUT2D eigenvalue weighted by Gasteiger charge is 2.13. The van der Waals surface area contributed by atoms with E-state index in [0.717, 1.165) is 0 Å². The van der Waals surface area contributed by atoms with E-state index in [9.17, 15) is 0 Å². The van der Waals surface area contributed by atoms with Crippen molar-refractivity contribution in [2.45, 2.75) is 13.0 Å². The van der Waals surface area contributed by atoms with Crippen LogP contribution < -0.4 is 5.32 Å². The predicted octanol–water partition coefficient (Wildman–Crippen LogP) is 4.46. The van der Waals surface area contributed by atoms with Crippen molar-refractivity contribution in [1.29, 1.82) is 0 Å². The maximum absolute atomic E-state index is 3.44. The van der Waals surface area contributed by atoms with Crippen LogP contribution in [0.4, 0.5) is 0 Å². The average molecular weight is 261 g/mol. The Labute approximate surface area is 120 Å². The average Bonchev–Trinajstić information content (AvgIpc) is 2.50. The van der Waals surface area contributed by atoms with Crippen molar-refractivity contribution in [2.75, 3.05) is 7.05 Å². The van der Waals surface area contributed by atoms with E-state index >= 15 is 0 Å². The fourth-order valence-corrected chi connectivity index (χ4v) is 2.80. The lowest BCUT2D eigenvalue weighted by molar-refractivity contribution is 0.688. The first-order chi connectivity index (χ1) is 9.79. The molecule has 0 spiro atoms. The molecule has 0 aliphatic carbocycles. The monoisotopic (exact) mass is 261 g/mol. The summed E-state index contributed by atoms with van der Waals surface area (Å²) < 4.78 is 0. The Morgan fingerprint density at radius 1 is 0.800 bits per heavy atom. The van der Waals surface area contributed by atoms with Crippen LogP contribution in [-0.2, 0) is 0 Å². The molecule has 0 saturated heterocycles. The second-order valence-electron chi connectivity index (χ2n) is 5.18. The van der Waals surface area contributed by atoms with E-state index in [-0.39, 0.29) is 6.04 Å². The molecule has 3 aromatic rings. The van der Waals surface area contributed by atoms with E-state index in [0.29, 0.717) is 0 Å². The summed E-state index contributed by atoms with van der Waals surface area (Å²) in [6.45, 7) is 2.17. The SMILES string of the molecule is CNC(c1ccc2ccccc2c1)c1ccccc1C. The van der Waals surface area contributed by atoms with Gasteiger partial charge in [-0.15, -0.1) is 0 Å². The van der Waals surface area contributed by atoms with E-state index in [2.05, 4.69) is 79.0 Å². The lowest BCUT2D eigenvalue weighted by Crippen LogP contribution is -2.18. The molecule has 0 radical (unpaired) electrons. The molecule has 0 aliphatic heterocycles. The zero-order valence-electron chi connectivity index (χ0n) is 11.9. The number of hydrogen-bond donors (Lipinski definition) is 1. The molecule has 1 N–H and O–H groups in total. The fourth-order valence-electron chi connectivity index (χ4n) is 2.80. The van der Waals surface area contributed by atoms with E-state index in [1.54, 1.807) is 0 Å². The zero-order valence-corrected chi connectivity index (χ0v) is 11.9. The summed E-state index contributed by atoms with van der Waals surface area (Å²) in [5, 5.41) is 6.02. The van der Waals surface area contributed by atoms with Crippen LogP contribution in [0.15, 0.2) is 66.7 Å². The Morgan fingerprint density at radius 2 is 1.50 bits per heavy atom. The van der Waals surface area contributed by atoms with Gasteiger partial charge in [-0.05, 0) is 47.5 Å². The number of fused-ring (bicyclic) bond motifs is 1. The van der Waals surface area contributed by atoms with Crippen LogP contribution in [0.25, 0.3) is 10.8 Å². The van der Waals surface area contributed by atoms with Crippen molar-refractivity contribution in [3.05, 3.63) is 83.4 Å². The molecule has 1 atom stereocenters. The van der Waals surface area contributed by atoms with Crippen LogP contribution in [0.5, 0.6) is 0 Å². The molecule has 1 unspecified atom stereocenters. The van der Waals surface area contributed by atoms with Crippen molar-refractivity contribution >= 4 is 10.8 Å². The molecule has 3 rings (SSSR count). The predicted molar refractivity (Wildman–Crippen MR) is 86.0 cm³/mol. The molecule has 1 heteroatoms. The van der Waals surface area contributed by atoms with Crippen molar-refractivity contribution in [2.24, 2.45) is 0 Å². The largest absolute Gasteiger partial charge is 0.309 e. The third-order valence-electron chi connectivity index (χ3n) is 3.89. The molecule has 0 heterocycles. The summed E-state index contributed by atoms with van der Waals surface area (Å²) in [7, 11) is 2.02. The number of rotatable bonds is 3. The molecule has 20 heavy (non-hydrogen) atoms. The van der Waals surface area contributed by atoms with Gasteiger partial charge in [-0.1, -0.05) is 60.7 Å². The minimum Gasteiger partial charge on any atom is -0.309 e. The molecule has 0 amide bonds. The first-order valence-corrected chi connectivity index (χ1v) is 7.01. The third-order valence-corrected chi connectivity index (χ3v) is 3.89. The normalized spacial score (nSPS) is 12.5. The number of benzene rings is 3. The van der Waals surface area contributed by atoms with Crippen molar-refractivity contribution in [3.63, 3.8) is 0 Å². The summed E-state index contributed by atoms with van der Waals surface area (Å²) in [5.41, 5.74) is 3.96. The van der Waals surface area contributed by atoms with Crippen LogP contribution in [0.1, 0.15) is 22.7 Å². The smallest absolute Gasteiger partial charge is 0.0577 e. The highest BCUT2D eigenvalue weighted by Crippen LogP contribution is 2.27. The summed E-state index contributed by atoms with van der Waals surface area (Å²) >= 11 is 0. The molecule has 0 fully saturated rings. The van der Waals surface area contributed by atoms with Crippen LogP contribution in [0, 0.1) is 6.92 Å². The maximum Gasteiger partial charge on any atom is 0.0577 e. The highest BCUT2D eigenvalue weighted by atomic mass is 14.9. The summed E-state index contributed by atoms with van der Waals surface area (Å²) in [5.74, 6) is 0. The first-order valence-electron chi connectivity index (χ1n) is 7.01. The Balaban J connectivity index is 2.10. The van der Waals surface area contributed by atoms with Crippen molar-refractivity contribution < 1.29 is 0 Å². The van der Waals surface area contributed by atoms with Gasteiger partial charge in [0.05, 0.1) is 6.04 Å². The number of nitrogens with one attached hydrogen (secondary N) is 1. The molecule has 0 saturated carbocycles. The third kappa shape index (κ3) is 2.33. The van der Waals surface area contributed by atoms with Gasteiger partial charge in [0.2, 0.25) is 0 Å². The second kappa shape index (κ2) is 5.48. The highest BCUT2D eigenvalue weighted by molar-refractivity contribution is 5.83. The van der Waals surface area contributed by atoms with E-state index in [1.165, 1.54) is 27.5 Å². The minimum atomic E-state index is 0.237. The Morgan fingerprint density at radius 3 is 2.25 bits per heavy atom. The maximum atomic E-state index is 3.44. The summed E-state index contributed by atoms with van der Waals surface area (Å²) in [4.78, 5) is 0. The Hall–Kier alpha value is -2.12. The molecule has 100 valence electrons. The van der Waals surface area contributed by atoms with Gasteiger partial charge >= 0.3 is 0 Å². The van der Waals surface area contributed by atoms with Crippen LogP contribution in [0.3, 0.4) is 0 Å². The van der Waals surface area contributed by atoms with Gasteiger partial charge in [0.25, 0.3) is 0 Å². The zero-order chi connectivity index (χ0) is 13.9. The molecule has 0 aliphatic rings. The molecular formula is C19H19N. The number of aryl methyl sites for hydroxylation is 1. The van der Waals surface area contributed by atoms with Gasteiger partial charge in [0.1, 0.15) is 0 Å². The fraction of sp³-hybridized carbons (Fsp3) is 0.158.